The minimum atomic E-state index is -0.0259. The molecule has 6 aromatic rings. The van der Waals surface area contributed by atoms with Crippen LogP contribution in [0.1, 0.15) is 41.7 Å². The first-order chi connectivity index (χ1) is 16.8. The van der Waals surface area contributed by atoms with Gasteiger partial charge in [-0.05, 0) is 60.7 Å². The molecule has 0 unspecified atom stereocenters. The summed E-state index contributed by atoms with van der Waals surface area (Å²) in [6.45, 7) is 11.2. The van der Waals surface area contributed by atoms with E-state index in [0.29, 0.717) is 0 Å². The van der Waals surface area contributed by atoms with Gasteiger partial charge in [0.15, 0.2) is 5.52 Å². The smallest absolute Gasteiger partial charge is 0.254 e. The van der Waals surface area contributed by atoms with Crippen molar-refractivity contribution < 1.29 is 4.57 Å². The zero-order chi connectivity index (χ0) is 24.2. The van der Waals surface area contributed by atoms with E-state index in [0.717, 1.165) is 22.6 Å². The Hall–Kier alpha value is -3.92. The Kier molecular flexibility index (Phi) is 3.86. The zero-order valence-electron chi connectivity index (χ0n) is 21.1. The second kappa shape index (κ2) is 6.60. The van der Waals surface area contributed by atoms with E-state index in [1.54, 1.807) is 0 Å². The van der Waals surface area contributed by atoms with Crippen molar-refractivity contribution in [3.63, 3.8) is 0 Å². The third-order valence-electron chi connectivity index (χ3n) is 8.25. The Morgan fingerprint density at radius 1 is 0.800 bits per heavy atom. The summed E-state index contributed by atoms with van der Waals surface area (Å²) in [7, 11) is 2.16. The van der Waals surface area contributed by atoms with E-state index in [2.05, 4.69) is 122 Å². The normalized spacial score (nSPS) is 14.2. The first-order valence-electron chi connectivity index (χ1n) is 12.3. The van der Waals surface area contributed by atoms with E-state index in [4.69, 9.17) is 4.98 Å². The van der Waals surface area contributed by atoms with Crippen LogP contribution >= 0.6 is 0 Å². The van der Waals surface area contributed by atoms with Crippen LogP contribution in [0.4, 0.5) is 0 Å². The van der Waals surface area contributed by atoms with Crippen molar-refractivity contribution in [3.05, 3.63) is 94.7 Å². The van der Waals surface area contributed by atoms with Crippen LogP contribution in [0.2, 0.25) is 0 Å². The van der Waals surface area contributed by atoms with E-state index < -0.39 is 0 Å². The molecule has 0 saturated heterocycles. The molecule has 0 amide bonds. The Morgan fingerprint density at radius 2 is 1.60 bits per heavy atom. The molecule has 0 radical (unpaired) electrons. The van der Waals surface area contributed by atoms with Crippen LogP contribution in [0.3, 0.4) is 0 Å². The number of aromatic nitrogens is 4. The summed E-state index contributed by atoms with van der Waals surface area (Å²) < 4.78 is 6.97. The molecule has 35 heavy (non-hydrogen) atoms. The molecule has 3 heterocycles. The van der Waals surface area contributed by atoms with Gasteiger partial charge in [0.1, 0.15) is 0 Å². The SMILES string of the molecule is Cc1ccc2c(c1C)n(-c1cc3c(c[n+]1C)C(C)(C)c1ccccc1-3)c1nc3c(C)cccc3n21. The van der Waals surface area contributed by atoms with Gasteiger partial charge in [-0.15, -0.1) is 0 Å². The third-order valence-corrected chi connectivity index (χ3v) is 8.25. The van der Waals surface area contributed by atoms with E-state index in [-0.39, 0.29) is 5.41 Å². The molecule has 4 heteroatoms. The monoisotopic (exact) mass is 457 g/mol. The largest absolute Gasteiger partial charge is 0.312 e. The lowest BCUT2D eigenvalue weighted by atomic mass is 9.83. The lowest BCUT2D eigenvalue weighted by Crippen LogP contribution is -2.35. The van der Waals surface area contributed by atoms with Crippen molar-refractivity contribution in [1.82, 2.24) is 14.0 Å². The standard InChI is InChI=1S/C31H29N4/c1-18-14-15-26-29(20(18)3)35(30-32-28-19(2)10-9-13-25(28)34(26)30)27-16-22-21-11-7-8-12-23(21)31(4,5)24(22)17-33(27)6/h7-17H,1-6H3/q+1. The van der Waals surface area contributed by atoms with Gasteiger partial charge in [-0.2, -0.15) is 9.55 Å². The van der Waals surface area contributed by atoms with Crippen LogP contribution in [0.25, 0.3) is 44.8 Å². The molecule has 0 aliphatic heterocycles. The average molecular weight is 458 g/mol. The number of hydrogen-bond acceptors (Lipinski definition) is 1. The third kappa shape index (κ3) is 2.47. The van der Waals surface area contributed by atoms with Crippen molar-refractivity contribution in [2.24, 2.45) is 7.05 Å². The van der Waals surface area contributed by atoms with Crippen LogP contribution in [0, 0.1) is 20.8 Å². The van der Waals surface area contributed by atoms with Crippen molar-refractivity contribution in [2.75, 3.05) is 0 Å². The van der Waals surface area contributed by atoms with Gasteiger partial charge in [-0.3, -0.25) is 4.40 Å². The van der Waals surface area contributed by atoms with Crippen molar-refractivity contribution in [1.29, 1.82) is 0 Å². The molecule has 0 saturated carbocycles. The Labute approximate surface area is 205 Å². The molecule has 4 nitrogen and oxygen atoms in total. The maximum absolute atomic E-state index is 5.22. The topological polar surface area (TPSA) is 26.1 Å². The van der Waals surface area contributed by atoms with E-state index in [1.165, 1.54) is 50.0 Å². The lowest BCUT2D eigenvalue weighted by molar-refractivity contribution is -0.665. The molecule has 1 aliphatic rings. The zero-order valence-corrected chi connectivity index (χ0v) is 21.1. The summed E-state index contributed by atoms with van der Waals surface area (Å²) in [4.78, 5) is 5.22. The molecule has 0 bridgehead atoms. The number of hydrogen-bond donors (Lipinski definition) is 0. The average Bonchev–Trinajstić information content (AvgIpc) is 3.44. The van der Waals surface area contributed by atoms with Gasteiger partial charge in [0, 0.05) is 22.6 Å². The fourth-order valence-corrected chi connectivity index (χ4v) is 6.17. The minimum Gasteiger partial charge on any atom is -0.254 e. The van der Waals surface area contributed by atoms with Crippen LogP contribution in [0.5, 0.6) is 0 Å². The van der Waals surface area contributed by atoms with Gasteiger partial charge in [-0.1, -0.05) is 56.3 Å². The van der Waals surface area contributed by atoms with Crippen molar-refractivity contribution in [3.8, 4) is 16.9 Å². The summed E-state index contributed by atoms with van der Waals surface area (Å²) in [5.41, 5.74) is 13.8. The summed E-state index contributed by atoms with van der Waals surface area (Å²) in [6.07, 6.45) is 2.33. The second-order valence-electron chi connectivity index (χ2n) is 10.6. The van der Waals surface area contributed by atoms with Crippen LogP contribution in [-0.4, -0.2) is 14.0 Å². The van der Waals surface area contributed by atoms with Gasteiger partial charge in [0.2, 0.25) is 0 Å². The molecule has 1 aliphatic carbocycles. The molecule has 0 N–H and O–H groups in total. The maximum atomic E-state index is 5.22. The Morgan fingerprint density at radius 3 is 2.43 bits per heavy atom. The predicted molar refractivity (Wildman–Crippen MR) is 142 cm³/mol. The summed E-state index contributed by atoms with van der Waals surface area (Å²) in [5.74, 6) is 2.08. The van der Waals surface area contributed by atoms with Gasteiger partial charge in [0.05, 0.1) is 29.8 Å². The Balaban J connectivity index is 1.66. The van der Waals surface area contributed by atoms with Gasteiger partial charge in [0.25, 0.3) is 5.82 Å². The number of nitrogens with zero attached hydrogens (tertiary/aromatic N) is 4. The second-order valence-corrected chi connectivity index (χ2v) is 10.6. The molecule has 0 spiro atoms. The highest BCUT2D eigenvalue weighted by Gasteiger charge is 2.38. The fourth-order valence-electron chi connectivity index (χ4n) is 6.17. The van der Waals surface area contributed by atoms with Crippen LogP contribution in [-0.2, 0) is 12.5 Å². The van der Waals surface area contributed by atoms with E-state index >= 15 is 0 Å². The highest BCUT2D eigenvalue weighted by molar-refractivity contribution is 5.95. The number of rotatable bonds is 1. The summed E-state index contributed by atoms with van der Waals surface area (Å²) >= 11 is 0. The number of pyridine rings is 1. The van der Waals surface area contributed by atoms with Crippen molar-refractivity contribution in [2.45, 2.75) is 40.0 Å². The first-order valence-corrected chi connectivity index (χ1v) is 12.3. The molecule has 0 fully saturated rings. The lowest BCUT2D eigenvalue weighted by Gasteiger charge is -2.20. The highest BCUT2D eigenvalue weighted by atomic mass is 15.3. The van der Waals surface area contributed by atoms with Gasteiger partial charge < -0.3 is 0 Å². The molecular weight excluding hydrogens is 428 g/mol. The number of para-hydroxylation sites is 1. The highest BCUT2D eigenvalue weighted by Crippen LogP contribution is 2.48. The summed E-state index contributed by atoms with van der Waals surface area (Å²) in [6, 6.07) is 22.1. The van der Waals surface area contributed by atoms with E-state index in [1.807, 2.05) is 0 Å². The molecule has 172 valence electrons. The van der Waals surface area contributed by atoms with Gasteiger partial charge >= 0.3 is 5.78 Å². The van der Waals surface area contributed by atoms with Gasteiger partial charge in [-0.25, -0.2) is 4.57 Å². The number of fused-ring (bicyclic) bond motifs is 8. The van der Waals surface area contributed by atoms with Crippen LogP contribution < -0.4 is 4.57 Å². The first kappa shape index (κ1) is 20.5. The molecule has 3 aromatic heterocycles. The molecule has 3 aromatic carbocycles. The van der Waals surface area contributed by atoms with E-state index in [9.17, 15) is 0 Å². The molecule has 0 atom stereocenters. The quantitative estimate of drug-likeness (QED) is 0.259. The fraction of sp³-hybridized carbons (Fsp3) is 0.226. The minimum absolute atomic E-state index is 0.0259. The summed E-state index contributed by atoms with van der Waals surface area (Å²) in [5, 5.41) is 0. The molecular formula is C31H29N4+. The molecule has 7 rings (SSSR count). The number of benzene rings is 3. The van der Waals surface area contributed by atoms with Crippen molar-refractivity contribution >= 4 is 27.8 Å². The van der Waals surface area contributed by atoms with Crippen LogP contribution in [0.15, 0.2) is 66.9 Å². The number of imidazole rings is 2. The number of aryl methyl sites for hydroxylation is 4. The Bertz CT molecular complexity index is 1860. The predicted octanol–water partition coefficient (Wildman–Crippen LogP) is 6.49. The maximum Gasteiger partial charge on any atom is 0.312 e.